The number of rotatable bonds is 5. The van der Waals surface area contributed by atoms with Crippen LogP contribution in [0.4, 0.5) is 4.39 Å². The molecule has 19 heavy (non-hydrogen) atoms. The molecular formula is C13H19ClFNO2S. The van der Waals surface area contributed by atoms with Gasteiger partial charge in [-0.2, -0.15) is 0 Å². The third kappa shape index (κ3) is 4.53. The van der Waals surface area contributed by atoms with Crippen LogP contribution in [0.25, 0.3) is 0 Å². The van der Waals surface area contributed by atoms with Crippen molar-refractivity contribution in [3.63, 3.8) is 0 Å². The summed E-state index contributed by atoms with van der Waals surface area (Å²) in [6.45, 7) is 5.33. The maximum Gasteiger partial charge on any atom is 0.146 e. The molecule has 1 unspecified atom stereocenters. The third-order valence-electron chi connectivity index (χ3n) is 2.58. The highest BCUT2D eigenvalue weighted by Gasteiger charge is 2.25. The Hall–Kier alpha value is -0.490. The van der Waals surface area contributed by atoms with E-state index >= 15 is 0 Å². The van der Waals surface area contributed by atoms with Gasteiger partial charge in [-0.25, -0.2) is 13.3 Å². The van der Waals surface area contributed by atoms with Crippen molar-refractivity contribution in [1.82, 2.24) is 4.72 Å². The summed E-state index contributed by atoms with van der Waals surface area (Å²) in [7, 11) is -1.36. The second kappa shape index (κ2) is 6.79. The standard InChI is InChI=1S/C13H19ClFNO2S/c1-13(2,3)19(18)16-11(7-8-17)9-5-4-6-10(14)12(9)15/h4-6,11,16-17H,7-8H2,1-3H3/t11-,19?/m1/s1. The zero-order chi connectivity index (χ0) is 14.6. The normalized spacial score (nSPS) is 15.3. The van der Waals surface area contributed by atoms with Crippen LogP contribution in [-0.4, -0.2) is 20.7 Å². The van der Waals surface area contributed by atoms with Gasteiger partial charge >= 0.3 is 0 Å². The van der Waals surface area contributed by atoms with Gasteiger partial charge in [0.05, 0.1) is 20.8 Å². The largest absolute Gasteiger partial charge is 0.396 e. The Balaban J connectivity index is 3.01. The van der Waals surface area contributed by atoms with E-state index in [4.69, 9.17) is 16.7 Å². The summed E-state index contributed by atoms with van der Waals surface area (Å²) in [5.41, 5.74) is 0.319. The highest BCUT2D eigenvalue weighted by atomic mass is 35.5. The Bertz CT molecular complexity index is 462. The van der Waals surface area contributed by atoms with Crippen molar-refractivity contribution in [3.8, 4) is 0 Å². The van der Waals surface area contributed by atoms with Crippen molar-refractivity contribution in [3.05, 3.63) is 34.6 Å². The molecule has 3 nitrogen and oxygen atoms in total. The summed E-state index contributed by atoms with van der Waals surface area (Å²) < 4.78 is 28.4. The number of halogens is 2. The second-order valence-corrected chi connectivity index (χ2v) is 7.61. The second-order valence-electron chi connectivity index (χ2n) is 5.21. The molecule has 108 valence electrons. The Kier molecular flexibility index (Phi) is 5.92. The van der Waals surface area contributed by atoms with Crippen LogP contribution in [0.15, 0.2) is 18.2 Å². The maximum absolute atomic E-state index is 14.0. The van der Waals surface area contributed by atoms with Crippen LogP contribution in [0.5, 0.6) is 0 Å². The predicted molar refractivity (Wildman–Crippen MR) is 76.9 cm³/mol. The number of nitrogens with one attached hydrogen (secondary N) is 1. The molecule has 1 aromatic carbocycles. The van der Waals surface area contributed by atoms with Gasteiger partial charge in [-0.3, -0.25) is 0 Å². The molecule has 0 aliphatic carbocycles. The van der Waals surface area contributed by atoms with Gasteiger partial charge in [0.2, 0.25) is 0 Å². The van der Waals surface area contributed by atoms with E-state index in [1.807, 2.05) is 20.8 Å². The molecule has 2 atom stereocenters. The summed E-state index contributed by atoms with van der Waals surface area (Å²) in [6.07, 6.45) is 0.263. The number of aliphatic hydroxyl groups excluding tert-OH is 1. The summed E-state index contributed by atoms with van der Waals surface area (Å²) in [5, 5.41) is 9.10. The molecule has 2 N–H and O–H groups in total. The number of aliphatic hydroxyl groups is 1. The van der Waals surface area contributed by atoms with Crippen molar-refractivity contribution in [2.75, 3.05) is 6.61 Å². The number of hydrogen-bond donors (Lipinski definition) is 2. The predicted octanol–water partition coefficient (Wildman–Crippen LogP) is 2.95. The van der Waals surface area contributed by atoms with Crippen LogP contribution in [0.1, 0.15) is 38.8 Å². The van der Waals surface area contributed by atoms with Crippen molar-refractivity contribution in [2.24, 2.45) is 0 Å². The van der Waals surface area contributed by atoms with Crippen LogP contribution >= 0.6 is 11.6 Å². The van der Waals surface area contributed by atoms with Gasteiger partial charge in [0.15, 0.2) is 0 Å². The fraction of sp³-hybridized carbons (Fsp3) is 0.538. The minimum atomic E-state index is -1.36. The molecule has 1 rings (SSSR count). The molecule has 0 fully saturated rings. The summed E-state index contributed by atoms with van der Waals surface area (Å²) in [6, 6.07) is 4.13. The molecule has 0 bridgehead atoms. The quantitative estimate of drug-likeness (QED) is 0.878. The van der Waals surface area contributed by atoms with Crippen molar-refractivity contribution in [2.45, 2.75) is 38.0 Å². The van der Waals surface area contributed by atoms with Gasteiger partial charge in [0.25, 0.3) is 0 Å². The van der Waals surface area contributed by atoms with E-state index in [9.17, 15) is 8.60 Å². The first-order chi connectivity index (χ1) is 8.77. The topological polar surface area (TPSA) is 49.3 Å². The molecule has 0 radical (unpaired) electrons. The summed E-state index contributed by atoms with van der Waals surface area (Å²) in [4.78, 5) is 0. The Morgan fingerprint density at radius 2 is 2.11 bits per heavy atom. The lowest BCUT2D eigenvalue weighted by Crippen LogP contribution is -2.36. The van der Waals surface area contributed by atoms with Crippen LogP contribution in [-0.2, 0) is 11.0 Å². The van der Waals surface area contributed by atoms with E-state index in [1.54, 1.807) is 12.1 Å². The van der Waals surface area contributed by atoms with Crippen LogP contribution in [0.3, 0.4) is 0 Å². The van der Waals surface area contributed by atoms with Crippen molar-refractivity contribution in [1.29, 1.82) is 0 Å². The third-order valence-corrected chi connectivity index (χ3v) is 4.48. The average molecular weight is 308 g/mol. The minimum absolute atomic E-state index is 0.0174. The van der Waals surface area contributed by atoms with E-state index in [0.717, 1.165) is 0 Å². The Labute approximate surface area is 120 Å². The lowest BCUT2D eigenvalue weighted by Gasteiger charge is -2.24. The highest BCUT2D eigenvalue weighted by Crippen LogP contribution is 2.26. The van der Waals surface area contributed by atoms with Gasteiger partial charge in [-0.15, -0.1) is 0 Å². The molecule has 0 aromatic heterocycles. The number of benzene rings is 1. The summed E-state index contributed by atoms with van der Waals surface area (Å²) in [5.74, 6) is -0.541. The van der Waals surface area contributed by atoms with Gasteiger partial charge in [-0.1, -0.05) is 23.7 Å². The average Bonchev–Trinajstić information content (AvgIpc) is 2.31. The lowest BCUT2D eigenvalue weighted by molar-refractivity contribution is 0.271. The van der Waals surface area contributed by atoms with Gasteiger partial charge < -0.3 is 5.11 Å². The van der Waals surface area contributed by atoms with Crippen molar-refractivity contribution < 1.29 is 13.7 Å². The minimum Gasteiger partial charge on any atom is -0.396 e. The van der Waals surface area contributed by atoms with E-state index in [-0.39, 0.29) is 18.1 Å². The summed E-state index contributed by atoms with van der Waals surface area (Å²) >= 11 is 5.74. The number of hydrogen-bond acceptors (Lipinski definition) is 2. The lowest BCUT2D eigenvalue weighted by atomic mass is 10.0. The fourth-order valence-corrected chi connectivity index (χ4v) is 2.54. The van der Waals surface area contributed by atoms with Crippen LogP contribution in [0, 0.1) is 5.82 Å². The molecule has 0 aliphatic heterocycles. The first-order valence-corrected chi connectivity index (χ1v) is 7.53. The van der Waals surface area contributed by atoms with Gasteiger partial charge in [0, 0.05) is 18.2 Å². The van der Waals surface area contributed by atoms with Gasteiger partial charge in [-0.05, 0) is 33.3 Å². The molecular weight excluding hydrogens is 289 g/mol. The first kappa shape index (κ1) is 16.6. The van der Waals surface area contributed by atoms with E-state index in [0.29, 0.717) is 5.56 Å². The highest BCUT2D eigenvalue weighted by molar-refractivity contribution is 7.84. The monoisotopic (exact) mass is 307 g/mol. The molecule has 1 aromatic rings. The molecule has 0 spiro atoms. The van der Waals surface area contributed by atoms with E-state index in [1.165, 1.54) is 6.07 Å². The Morgan fingerprint density at radius 3 is 2.63 bits per heavy atom. The maximum atomic E-state index is 14.0. The molecule has 6 heteroatoms. The fourth-order valence-electron chi connectivity index (χ4n) is 1.50. The van der Waals surface area contributed by atoms with Crippen LogP contribution < -0.4 is 4.72 Å². The zero-order valence-corrected chi connectivity index (χ0v) is 12.8. The molecule has 0 saturated carbocycles. The Morgan fingerprint density at radius 1 is 1.47 bits per heavy atom. The smallest absolute Gasteiger partial charge is 0.146 e. The van der Waals surface area contributed by atoms with Crippen molar-refractivity contribution >= 4 is 22.6 Å². The van der Waals surface area contributed by atoms with E-state index in [2.05, 4.69) is 4.72 Å². The van der Waals surface area contributed by atoms with Crippen LogP contribution in [0.2, 0.25) is 5.02 Å². The first-order valence-electron chi connectivity index (χ1n) is 6.00. The van der Waals surface area contributed by atoms with E-state index < -0.39 is 27.6 Å². The SMILES string of the molecule is CC(C)(C)S(=O)N[C@H](CCO)c1cccc(Cl)c1F. The zero-order valence-electron chi connectivity index (χ0n) is 11.2. The molecule has 0 heterocycles. The molecule has 0 aliphatic rings. The van der Waals surface area contributed by atoms with Gasteiger partial charge in [0.1, 0.15) is 5.82 Å². The molecule has 0 amide bonds. The molecule has 0 saturated heterocycles.